The molecule has 4 aromatic heterocycles. The molecule has 0 atom stereocenters. The first-order valence-electron chi connectivity index (χ1n) is 10.7. The van der Waals surface area contributed by atoms with Crippen molar-refractivity contribution in [2.45, 2.75) is 6.92 Å². The molecule has 4 heterocycles. The number of hydrogen-bond donors (Lipinski definition) is 3. The lowest BCUT2D eigenvalue weighted by Gasteiger charge is -1.95. The van der Waals surface area contributed by atoms with E-state index in [0.717, 1.165) is 32.9 Å². The van der Waals surface area contributed by atoms with Gasteiger partial charge in [0.25, 0.3) is 0 Å². The third-order valence-electron chi connectivity index (χ3n) is 5.17. The smallest absolute Gasteiger partial charge is 0.360 e. The normalized spacial score (nSPS) is 10.8. The summed E-state index contributed by atoms with van der Waals surface area (Å²) in [5, 5.41) is 31.4. The van der Waals surface area contributed by atoms with E-state index in [2.05, 4.69) is 30.7 Å². The maximum atomic E-state index is 11.5. The van der Waals surface area contributed by atoms with Gasteiger partial charge < -0.3 is 18.9 Å². The number of aromatic carboxylic acids is 1. The highest BCUT2D eigenvalue weighted by Crippen LogP contribution is 2.25. The largest absolute Gasteiger partial charge is 0.476 e. The molecule has 12 nitrogen and oxygen atoms in total. The highest BCUT2D eigenvalue weighted by Gasteiger charge is 2.15. The standard InChI is InChI=1S/C13H11N3O3.C11H7N3O3/c1-2-18-13(17)11-6-12(19-16-11)8-3-4-10-9(5-8)7-14-15-10;15-11(16)9-4-10(17-14-9)6-1-2-8-7(3-6)5-12-13-8/h3-7H,2H2,1H3,(H,14,15);1-5H,(H,12,13)(H,15,16). The Bertz CT molecular complexity index is 1680. The number of H-pyrrole nitrogens is 2. The molecule has 6 aromatic rings. The van der Waals surface area contributed by atoms with Crippen molar-refractivity contribution < 1.29 is 28.5 Å². The monoisotopic (exact) mass is 486 g/mol. The van der Waals surface area contributed by atoms with Gasteiger partial charge in [0.1, 0.15) is 0 Å². The van der Waals surface area contributed by atoms with E-state index in [4.69, 9.17) is 18.9 Å². The molecule has 0 radical (unpaired) electrons. The van der Waals surface area contributed by atoms with E-state index < -0.39 is 11.9 Å². The number of carbonyl (C=O) groups excluding carboxylic acids is 1. The van der Waals surface area contributed by atoms with Gasteiger partial charge in [-0.05, 0) is 43.3 Å². The second kappa shape index (κ2) is 9.54. The van der Waals surface area contributed by atoms with Crippen LogP contribution in [0.2, 0.25) is 0 Å². The predicted octanol–water partition coefficient (Wildman–Crippen LogP) is 4.31. The summed E-state index contributed by atoms with van der Waals surface area (Å²) in [6.07, 6.45) is 3.41. The molecule has 6 rings (SSSR count). The van der Waals surface area contributed by atoms with Gasteiger partial charge in [-0.3, -0.25) is 10.2 Å². The molecule has 3 N–H and O–H groups in total. The minimum atomic E-state index is -1.11. The Morgan fingerprint density at radius 1 is 0.833 bits per heavy atom. The van der Waals surface area contributed by atoms with Crippen LogP contribution in [0.3, 0.4) is 0 Å². The van der Waals surface area contributed by atoms with Gasteiger partial charge in [0.05, 0.1) is 30.0 Å². The number of nitrogens with one attached hydrogen (secondary N) is 2. The second-order valence-corrected chi connectivity index (χ2v) is 7.52. The summed E-state index contributed by atoms with van der Waals surface area (Å²) in [4.78, 5) is 22.2. The zero-order chi connectivity index (χ0) is 25.1. The molecular formula is C24H18N6O6. The number of benzene rings is 2. The third kappa shape index (κ3) is 4.55. The van der Waals surface area contributed by atoms with Crippen LogP contribution in [0.5, 0.6) is 0 Å². The maximum absolute atomic E-state index is 11.5. The molecule has 12 heteroatoms. The lowest BCUT2D eigenvalue weighted by molar-refractivity contribution is 0.0514. The van der Waals surface area contributed by atoms with Crippen molar-refractivity contribution in [2.75, 3.05) is 6.61 Å². The highest BCUT2D eigenvalue weighted by atomic mass is 16.5. The molecule has 0 aliphatic rings. The summed E-state index contributed by atoms with van der Waals surface area (Å²) in [6.45, 7) is 2.05. The number of carbonyl (C=O) groups is 2. The number of esters is 1. The molecule has 0 saturated carbocycles. The van der Waals surface area contributed by atoms with Crippen molar-refractivity contribution in [3.8, 4) is 22.6 Å². The van der Waals surface area contributed by atoms with Crippen molar-refractivity contribution >= 4 is 33.7 Å². The van der Waals surface area contributed by atoms with Gasteiger partial charge in [0.2, 0.25) is 0 Å². The quantitative estimate of drug-likeness (QED) is 0.298. The molecule has 0 fully saturated rings. The van der Waals surface area contributed by atoms with Gasteiger partial charge in [-0.15, -0.1) is 0 Å². The fraction of sp³-hybridized carbons (Fsp3) is 0.0833. The molecule has 0 aliphatic carbocycles. The van der Waals surface area contributed by atoms with Crippen LogP contribution in [0.1, 0.15) is 27.9 Å². The summed E-state index contributed by atoms with van der Waals surface area (Å²) >= 11 is 0. The number of aromatic nitrogens is 6. The topological polar surface area (TPSA) is 173 Å². The Morgan fingerprint density at radius 3 is 1.86 bits per heavy atom. The Hall–Kier alpha value is -5.26. The van der Waals surface area contributed by atoms with Gasteiger partial charge in [-0.2, -0.15) is 10.2 Å². The summed E-state index contributed by atoms with van der Waals surface area (Å²) in [5.41, 5.74) is 3.51. The number of nitrogens with zero attached hydrogens (tertiary/aromatic N) is 4. The van der Waals surface area contributed by atoms with Crippen LogP contribution < -0.4 is 0 Å². The molecule has 36 heavy (non-hydrogen) atoms. The summed E-state index contributed by atoms with van der Waals surface area (Å²) in [5.74, 6) is -0.650. The van der Waals surface area contributed by atoms with Crippen molar-refractivity contribution in [2.24, 2.45) is 0 Å². The van der Waals surface area contributed by atoms with E-state index in [1.807, 2.05) is 36.4 Å². The Labute approximate surface area is 201 Å². The molecular weight excluding hydrogens is 468 g/mol. The number of fused-ring (bicyclic) bond motifs is 2. The molecule has 180 valence electrons. The summed E-state index contributed by atoms with van der Waals surface area (Å²) in [7, 11) is 0. The number of ether oxygens (including phenoxy) is 1. The van der Waals surface area contributed by atoms with Crippen LogP contribution in [0, 0.1) is 0 Å². The van der Waals surface area contributed by atoms with Crippen LogP contribution in [0.15, 0.2) is 70.0 Å². The first-order chi connectivity index (χ1) is 17.5. The number of aromatic amines is 2. The van der Waals surface area contributed by atoms with Gasteiger partial charge in [-0.25, -0.2) is 9.59 Å². The predicted molar refractivity (Wildman–Crippen MR) is 126 cm³/mol. The number of hydrogen-bond acceptors (Lipinski definition) is 9. The van der Waals surface area contributed by atoms with E-state index in [1.165, 1.54) is 6.07 Å². The zero-order valence-corrected chi connectivity index (χ0v) is 18.8. The van der Waals surface area contributed by atoms with E-state index in [1.54, 1.807) is 25.4 Å². The van der Waals surface area contributed by atoms with Gasteiger partial charge in [0, 0.05) is 34.0 Å². The maximum Gasteiger partial charge on any atom is 0.360 e. The second-order valence-electron chi connectivity index (χ2n) is 7.52. The molecule has 0 bridgehead atoms. The van der Waals surface area contributed by atoms with Crippen LogP contribution in [-0.2, 0) is 4.74 Å². The summed E-state index contributed by atoms with van der Waals surface area (Å²) < 4.78 is 15.0. The van der Waals surface area contributed by atoms with Gasteiger partial charge in [-0.1, -0.05) is 10.3 Å². The van der Waals surface area contributed by atoms with Crippen molar-refractivity contribution in [3.63, 3.8) is 0 Å². The first kappa shape index (κ1) is 22.5. The van der Waals surface area contributed by atoms with Crippen LogP contribution in [0.25, 0.3) is 44.5 Å². The van der Waals surface area contributed by atoms with Crippen molar-refractivity contribution in [3.05, 3.63) is 72.3 Å². The van der Waals surface area contributed by atoms with Crippen LogP contribution in [0.4, 0.5) is 0 Å². The third-order valence-corrected chi connectivity index (χ3v) is 5.17. The average Bonchev–Trinajstić information content (AvgIpc) is 3.69. The molecule has 0 aliphatic heterocycles. The lowest BCUT2D eigenvalue weighted by atomic mass is 10.1. The molecule has 0 unspecified atom stereocenters. The minimum Gasteiger partial charge on any atom is -0.476 e. The molecule has 0 spiro atoms. The lowest BCUT2D eigenvalue weighted by Crippen LogP contribution is -2.04. The number of carboxylic acid groups (broad SMARTS) is 1. The Kier molecular flexibility index (Phi) is 5.97. The van der Waals surface area contributed by atoms with Crippen LogP contribution in [-0.4, -0.2) is 54.4 Å². The first-order valence-corrected chi connectivity index (χ1v) is 10.7. The number of rotatable bonds is 5. The minimum absolute atomic E-state index is 0.104. The number of carboxylic acids is 1. The Morgan fingerprint density at radius 2 is 1.36 bits per heavy atom. The highest BCUT2D eigenvalue weighted by molar-refractivity contribution is 5.89. The average molecular weight is 486 g/mol. The molecule has 2 aromatic carbocycles. The van der Waals surface area contributed by atoms with Crippen molar-refractivity contribution in [1.29, 1.82) is 0 Å². The van der Waals surface area contributed by atoms with E-state index in [-0.39, 0.29) is 11.4 Å². The SMILES string of the molecule is CCOC(=O)c1cc(-c2ccc3[nH]ncc3c2)on1.O=C(O)c1cc(-c2ccc3[nH]ncc3c2)on1. The fourth-order valence-electron chi connectivity index (χ4n) is 3.42. The Balaban J connectivity index is 0.000000149. The summed E-state index contributed by atoms with van der Waals surface area (Å²) in [6, 6.07) is 14.1. The van der Waals surface area contributed by atoms with Gasteiger partial charge in [0.15, 0.2) is 22.9 Å². The zero-order valence-electron chi connectivity index (χ0n) is 18.8. The van der Waals surface area contributed by atoms with E-state index >= 15 is 0 Å². The van der Waals surface area contributed by atoms with Gasteiger partial charge >= 0.3 is 11.9 Å². The molecule has 0 amide bonds. The fourth-order valence-corrected chi connectivity index (χ4v) is 3.42. The molecule has 0 saturated heterocycles. The van der Waals surface area contributed by atoms with Crippen LogP contribution >= 0.6 is 0 Å². The van der Waals surface area contributed by atoms with E-state index in [0.29, 0.717) is 18.1 Å². The van der Waals surface area contributed by atoms with E-state index in [9.17, 15) is 9.59 Å². The van der Waals surface area contributed by atoms with Crippen molar-refractivity contribution in [1.82, 2.24) is 30.7 Å².